The molecule has 2 amide bonds. The molecule has 1 atom stereocenters. The number of urea groups is 1. The van der Waals surface area contributed by atoms with Gasteiger partial charge in [-0.15, -0.1) is 0 Å². The molecule has 0 unspecified atom stereocenters. The summed E-state index contributed by atoms with van der Waals surface area (Å²) in [4.78, 5) is 32.6. The Kier molecular flexibility index (Phi) is 11.7. The predicted octanol–water partition coefficient (Wildman–Crippen LogP) is 6.78. The van der Waals surface area contributed by atoms with E-state index in [4.69, 9.17) is 14.2 Å². The van der Waals surface area contributed by atoms with Crippen LogP contribution in [0, 0.1) is 0 Å². The lowest BCUT2D eigenvalue weighted by atomic mass is 10.0. The highest BCUT2D eigenvalue weighted by molar-refractivity contribution is 5.94. The van der Waals surface area contributed by atoms with Gasteiger partial charge >= 0.3 is 12.0 Å². The Labute approximate surface area is 261 Å². The van der Waals surface area contributed by atoms with E-state index in [9.17, 15) is 9.59 Å². The van der Waals surface area contributed by atoms with Gasteiger partial charge in [-0.3, -0.25) is 4.90 Å². The van der Waals surface area contributed by atoms with Gasteiger partial charge in [0.2, 0.25) is 0 Å². The Hall–Kier alpha value is -3.88. The monoisotopic (exact) mass is 599 g/mol. The Balaban J connectivity index is 1.15. The molecule has 2 fully saturated rings. The molecular formula is C36H45N3O5. The molecule has 3 aromatic carbocycles. The molecule has 8 nitrogen and oxygen atoms in total. The lowest BCUT2D eigenvalue weighted by Crippen LogP contribution is -2.53. The number of ether oxygens (including phenoxy) is 3. The van der Waals surface area contributed by atoms with E-state index >= 15 is 0 Å². The van der Waals surface area contributed by atoms with Gasteiger partial charge in [0.1, 0.15) is 6.04 Å². The first-order valence-corrected chi connectivity index (χ1v) is 16.0. The minimum absolute atomic E-state index is 0.138. The normalized spacial score (nSPS) is 17.0. The minimum atomic E-state index is -0.611. The van der Waals surface area contributed by atoms with Crippen LogP contribution in [0.3, 0.4) is 0 Å². The van der Waals surface area contributed by atoms with Crippen molar-refractivity contribution >= 4 is 23.4 Å². The molecule has 2 heterocycles. The van der Waals surface area contributed by atoms with Crippen molar-refractivity contribution in [3.63, 3.8) is 0 Å². The number of likely N-dealkylation sites (tertiary alicyclic amines) is 1. The summed E-state index contributed by atoms with van der Waals surface area (Å²) in [5.74, 6) is -0.378. The Morgan fingerprint density at radius 3 is 1.98 bits per heavy atom. The topological polar surface area (TPSA) is 71.6 Å². The predicted molar refractivity (Wildman–Crippen MR) is 172 cm³/mol. The van der Waals surface area contributed by atoms with Crippen LogP contribution in [0.5, 0.6) is 0 Å². The zero-order chi connectivity index (χ0) is 30.6. The van der Waals surface area contributed by atoms with E-state index in [1.165, 1.54) is 24.9 Å². The number of benzene rings is 3. The van der Waals surface area contributed by atoms with Crippen LogP contribution in [-0.4, -0.2) is 62.5 Å². The van der Waals surface area contributed by atoms with Crippen LogP contribution in [0.1, 0.15) is 56.1 Å². The van der Waals surface area contributed by atoms with E-state index in [2.05, 4.69) is 17.0 Å². The Bertz CT molecular complexity index is 1250. The standard InChI is InChI=1S/C36H45N3O5/c1-37(31-18-20-32(21-19-31)38-23-10-4-11-24-38)36(41)39-25-12-9-17-33(39)35(40)42-26-22-34(43-27-29-13-5-2-6-14-29)44-28-30-15-7-3-8-16-30/h2-3,5-8,13-16,18-21,33-34H,4,9-12,17,22-28H2,1H3/t33-/m0/s1. The highest BCUT2D eigenvalue weighted by Crippen LogP contribution is 2.26. The molecule has 0 N–H and O–H groups in total. The number of carbonyl (C=O) groups is 2. The van der Waals surface area contributed by atoms with Gasteiger partial charge in [0.25, 0.3) is 0 Å². The van der Waals surface area contributed by atoms with E-state index in [0.29, 0.717) is 32.6 Å². The van der Waals surface area contributed by atoms with E-state index in [-0.39, 0.29) is 18.6 Å². The highest BCUT2D eigenvalue weighted by Gasteiger charge is 2.35. The molecule has 0 radical (unpaired) electrons. The van der Waals surface area contributed by atoms with Crippen molar-refractivity contribution in [2.45, 2.75) is 70.5 Å². The Morgan fingerprint density at radius 2 is 1.36 bits per heavy atom. The molecule has 0 aromatic heterocycles. The summed E-state index contributed by atoms with van der Waals surface area (Å²) >= 11 is 0. The summed E-state index contributed by atoms with van der Waals surface area (Å²) in [6.45, 7) is 3.60. The summed E-state index contributed by atoms with van der Waals surface area (Å²) in [6.07, 6.45) is 5.88. The molecule has 44 heavy (non-hydrogen) atoms. The molecule has 2 aliphatic heterocycles. The first-order valence-electron chi connectivity index (χ1n) is 16.0. The average Bonchev–Trinajstić information content (AvgIpc) is 3.10. The molecular weight excluding hydrogens is 554 g/mol. The van der Waals surface area contributed by atoms with Crippen molar-refractivity contribution in [3.05, 3.63) is 96.1 Å². The number of hydrogen-bond acceptors (Lipinski definition) is 6. The van der Waals surface area contributed by atoms with E-state index in [0.717, 1.165) is 42.7 Å². The number of nitrogens with zero attached hydrogens (tertiary/aromatic N) is 3. The third-order valence-electron chi connectivity index (χ3n) is 8.42. The smallest absolute Gasteiger partial charge is 0.328 e. The SMILES string of the molecule is CN(C(=O)N1CCCC[C@H]1C(=O)OCCC(OCc1ccccc1)OCc1ccccc1)c1ccc(N2CCCCC2)cc1. The van der Waals surface area contributed by atoms with Crippen molar-refractivity contribution in [3.8, 4) is 0 Å². The zero-order valence-electron chi connectivity index (χ0n) is 25.8. The maximum absolute atomic E-state index is 13.6. The molecule has 2 saturated heterocycles. The van der Waals surface area contributed by atoms with E-state index in [1.807, 2.05) is 72.8 Å². The number of anilines is 2. The Morgan fingerprint density at radius 1 is 0.773 bits per heavy atom. The lowest BCUT2D eigenvalue weighted by Gasteiger charge is -2.36. The fourth-order valence-electron chi connectivity index (χ4n) is 5.84. The van der Waals surface area contributed by atoms with Gasteiger partial charge < -0.3 is 24.0 Å². The van der Waals surface area contributed by atoms with Crippen molar-refractivity contribution in [1.29, 1.82) is 0 Å². The molecule has 5 rings (SSSR count). The lowest BCUT2D eigenvalue weighted by molar-refractivity contribution is -0.172. The quantitative estimate of drug-likeness (QED) is 0.169. The maximum atomic E-state index is 13.6. The van der Waals surface area contributed by atoms with Gasteiger partial charge in [-0.25, -0.2) is 9.59 Å². The number of rotatable bonds is 12. The largest absolute Gasteiger partial charge is 0.464 e. The van der Waals surface area contributed by atoms with Crippen LogP contribution in [0.25, 0.3) is 0 Å². The van der Waals surface area contributed by atoms with Gasteiger partial charge in [0.15, 0.2) is 6.29 Å². The summed E-state index contributed by atoms with van der Waals surface area (Å²) in [7, 11) is 1.77. The van der Waals surface area contributed by atoms with Crippen LogP contribution >= 0.6 is 0 Å². The second-order valence-corrected chi connectivity index (χ2v) is 11.6. The molecule has 234 valence electrons. The summed E-state index contributed by atoms with van der Waals surface area (Å²) in [5.41, 5.74) is 4.08. The number of esters is 1. The molecule has 0 bridgehead atoms. The second-order valence-electron chi connectivity index (χ2n) is 11.6. The van der Waals surface area contributed by atoms with Crippen molar-refractivity contribution in [2.75, 3.05) is 43.1 Å². The first kappa shape index (κ1) is 31.5. The third-order valence-corrected chi connectivity index (χ3v) is 8.42. The minimum Gasteiger partial charge on any atom is -0.464 e. The highest BCUT2D eigenvalue weighted by atomic mass is 16.7. The zero-order valence-corrected chi connectivity index (χ0v) is 25.8. The van der Waals surface area contributed by atoms with Gasteiger partial charge in [-0.1, -0.05) is 60.7 Å². The maximum Gasteiger partial charge on any atom is 0.328 e. The molecule has 3 aromatic rings. The van der Waals surface area contributed by atoms with Crippen LogP contribution in [-0.2, 0) is 32.2 Å². The van der Waals surface area contributed by atoms with E-state index < -0.39 is 12.3 Å². The summed E-state index contributed by atoms with van der Waals surface area (Å²) in [5, 5.41) is 0. The molecule has 0 spiro atoms. The fraction of sp³-hybridized carbons (Fsp3) is 0.444. The molecule has 0 aliphatic carbocycles. The van der Waals surface area contributed by atoms with Crippen LogP contribution in [0.2, 0.25) is 0 Å². The average molecular weight is 600 g/mol. The number of piperidine rings is 2. The van der Waals surface area contributed by atoms with Crippen LogP contribution in [0.15, 0.2) is 84.9 Å². The second kappa shape index (κ2) is 16.3. The van der Waals surface area contributed by atoms with Crippen molar-refractivity contribution < 1.29 is 23.8 Å². The van der Waals surface area contributed by atoms with Crippen LogP contribution < -0.4 is 9.80 Å². The van der Waals surface area contributed by atoms with Crippen LogP contribution in [0.4, 0.5) is 16.2 Å². The summed E-state index contributed by atoms with van der Waals surface area (Å²) < 4.78 is 17.9. The number of hydrogen-bond donors (Lipinski definition) is 0. The van der Waals surface area contributed by atoms with Gasteiger partial charge in [-0.05, 0) is 73.9 Å². The molecule has 8 heteroatoms. The van der Waals surface area contributed by atoms with Gasteiger partial charge in [0, 0.05) is 44.5 Å². The number of amides is 2. The van der Waals surface area contributed by atoms with Gasteiger partial charge in [-0.2, -0.15) is 0 Å². The summed E-state index contributed by atoms with van der Waals surface area (Å²) in [6, 6.07) is 27.2. The van der Waals surface area contributed by atoms with Crippen molar-refractivity contribution in [2.24, 2.45) is 0 Å². The number of carbonyl (C=O) groups excluding carboxylic acids is 2. The third kappa shape index (κ3) is 8.83. The fourth-order valence-corrected chi connectivity index (χ4v) is 5.84. The molecule has 2 aliphatic rings. The molecule has 0 saturated carbocycles. The van der Waals surface area contributed by atoms with Crippen molar-refractivity contribution in [1.82, 2.24) is 4.90 Å². The van der Waals surface area contributed by atoms with Gasteiger partial charge in [0.05, 0.1) is 19.8 Å². The van der Waals surface area contributed by atoms with E-state index in [1.54, 1.807) is 16.8 Å². The first-order chi connectivity index (χ1) is 21.6.